The van der Waals surface area contributed by atoms with Crippen molar-refractivity contribution in [3.8, 4) is 0 Å². The number of non-ortho nitro benzene ring substituents is 1. The van der Waals surface area contributed by atoms with E-state index in [1.165, 1.54) is 12.1 Å². The number of rotatable bonds is 5. The summed E-state index contributed by atoms with van der Waals surface area (Å²) in [6, 6.07) is 6.45. The Bertz CT molecular complexity index is 510. The van der Waals surface area contributed by atoms with Crippen LogP contribution < -0.4 is 5.73 Å². The Morgan fingerprint density at radius 2 is 2.24 bits per heavy atom. The first-order valence-corrected chi connectivity index (χ1v) is 6.81. The van der Waals surface area contributed by atoms with Crippen LogP contribution in [0.5, 0.6) is 0 Å². The van der Waals surface area contributed by atoms with Crippen molar-refractivity contribution in [2.45, 2.75) is 19.3 Å². The van der Waals surface area contributed by atoms with Crippen molar-refractivity contribution < 1.29 is 9.72 Å². The van der Waals surface area contributed by atoms with Crippen LogP contribution in [0.25, 0.3) is 0 Å². The smallest absolute Gasteiger partial charge is 0.269 e. The van der Waals surface area contributed by atoms with E-state index in [-0.39, 0.29) is 24.0 Å². The third-order valence-electron chi connectivity index (χ3n) is 3.72. The lowest BCUT2D eigenvalue weighted by molar-refractivity contribution is -0.384. The van der Waals surface area contributed by atoms with Crippen LogP contribution in [-0.4, -0.2) is 35.4 Å². The van der Waals surface area contributed by atoms with Crippen LogP contribution in [0.15, 0.2) is 24.3 Å². The molecule has 21 heavy (non-hydrogen) atoms. The minimum absolute atomic E-state index is 0. The highest BCUT2D eigenvalue weighted by molar-refractivity contribution is 5.85. The summed E-state index contributed by atoms with van der Waals surface area (Å²) in [5.41, 5.74) is 6.49. The summed E-state index contributed by atoms with van der Waals surface area (Å²) < 4.78 is 0. The Morgan fingerprint density at radius 3 is 2.86 bits per heavy atom. The molecule has 0 spiro atoms. The second-order valence-corrected chi connectivity index (χ2v) is 5.16. The van der Waals surface area contributed by atoms with Crippen molar-refractivity contribution >= 4 is 24.0 Å². The van der Waals surface area contributed by atoms with E-state index in [0.29, 0.717) is 25.3 Å². The zero-order valence-electron chi connectivity index (χ0n) is 11.7. The van der Waals surface area contributed by atoms with E-state index in [1.54, 1.807) is 6.07 Å². The van der Waals surface area contributed by atoms with Gasteiger partial charge in [0.25, 0.3) is 5.69 Å². The van der Waals surface area contributed by atoms with Crippen LogP contribution in [0.3, 0.4) is 0 Å². The minimum atomic E-state index is -0.419. The van der Waals surface area contributed by atoms with Gasteiger partial charge in [0, 0.05) is 31.6 Å². The van der Waals surface area contributed by atoms with Gasteiger partial charge in [-0.05, 0) is 30.9 Å². The molecule has 1 atom stereocenters. The number of nitrogens with zero attached hydrogens (tertiary/aromatic N) is 2. The molecule has 116 valence electrons. The number of nitrogens with two attached hydrogens (primary N) is 1. The van der Waals surface area contributed by atoms with E-state index in [2.05, 4.69) is 0 Å². The maximum Gasteiger partial charge on any atom is 0.269 e. The molecular weight excluding hydrogens is 294 g/mol. The van der Waals surface area contributed by atoms with Crippen molar-refractivity contribution in [1.82, 2.24) is 4.90 Å². The first-order chi connectivity index (χ1) is 9.60. The summed E-state index contributed by atoms with van der Waals surface area (Å²) in [5.74, 6) is 0.518. The summed E-state index contributed by atoms with van der Waals surface area (Å²) >= 11 is 0. The Balaban J connectivity index is 0.00000220. The molecule has 1 fully saturated rings. The Labute approximate surface area is 129 Å². The number of likely N-dealkylation sites (tertiary alicyclic amines) is 1. The van der Waals surface area contributed by atoms with Gasteiger partial charge in [0.15, 0.2) is 0 Å². The van der Waals surface area contributed by atoms with Crippen molar-refractivity contribution in [3.05, 3.63) is 39.9 Å². The second-order valence-electron chi connectivity index (χ2n) is 5.16. The lowest BCUT2D eigenvalue weighted by atomic mass is 10.1. The number of carbonyl (C=O) groups is 1. The molecule has 1 unspecified atom stereocenters. The summed E-state index contributed by atoms with van der Waals surface area (Å²) in [6.07, 6.45) is 1.89. The molecule has 0 bridgehead atoms. The van der Waals surface area contributed by atoms with Gasteiger partial charge in [-0.2, -0.15) is 0 Å². The Morgan fingerprint density at radius 1 is 1.48 bits per heavy atom. The first-order valence-electron chi connectivity index (χ1n) is 6.81. The van der Waals surface area contributed by atoms with Crippen LogP contribution in [0.4, 0.5) is 5.69 Å². The second kappa shape index (κ2) is 7.95. The van der Waals surface area contributed by atoms with E-state index < -0.39 is 4.92 Å². The number of benzene rings is 1. The van der Waals surface area contributed by atoms with Crippen molar-refractivity contribution in [3.63, 3.8) is 0 Å². The predicted octanol–water partition coefficient (Wildman–Crippen LogP) is 1.76. The largest absolute Gasteiger partial charge is 0.342 e. The van der Waals surface area contributed by atoms with Crippen LogP contribution >= 0.6 is 12.4 Å². The zero-order chi connectivity index (χ0) is 14.5. The highest BCUT2D eigenvalue weighted by atomic mass is 35.5. The molecular formula is C14H20ClN3O3. The normalized spacial score (nSPS) is 17.4. The van der Waals surface area contributed by atoms with E-state index in [9.17, 15) is 14.9 Å². The van der Waals surface area contributed by atoms with Gasteiger partial charge < -0.3 is 10.6 Å². The molecule has 0 aromatic heterocycles. The number of amides is 1. The number of halogens is 1. The average Bonchev–Trinajstić information content (AvgIpc) is 2.94. The molecule has 0 aliphatic carbocycles. The van der Waals surface area contributed by atoms with Crippen LogP contribution in [0, 0.1) is 16.0 Å². The fourth-order valence-corrected chi connectivity index (χ4v) is 2.49. The van der Waals surface area contributed by atoms with Gasteiger partial charge in [0.05, 0.1) is 4.92 Å². The van der Waals surface area contributed by atoms with E-state index in [4.69, 9.17) is 5.73 Å². The topological polar surface area (TPSA) is 89.5 Å². The standard InChI is InChI=1S/C14H19N3O3.ClH/c15-9-12-6-7-16(10-12)14(18)5-4-11-2-1-3-13(8-11)17(19)20;/h1-3,8,12H,4-7,9-10,15H2;1H. The maximum absolute atomic E-state index is 12.1. The van der Waals surface area contributed by atoms with Gasteiger partial charge in [-0.1, -0.05) is 12.1 Å². The number of nitro benzene ring substituents is 1. The highest BCUT2D eigenvalue weighted by Crippen LogP contribution is 2.18. The summed E-state index contributed by atoms with van der Waals surface area (Å²) in [6.45, 7) is 2.13. The van der Waals surface area contributed by atoms with Gasteiger partial charge in [-0.15, -0.1) is 12.4 Å². The van der Waals surface area contributed by atoms with Crippen LogP contribution in [-0.2, 0) is 11.2 Å². The zero-order valence-corrected chi connectivity index (χ0v) is 12.6. The molecule has 1 aliphatic heterocycles. The molecule has 7 heteroatoms. The predicted molar refractivity (Wildman–Crippen MR) is 82.4 cm³/mol. The number of nitro groups is 1. The lowest BCUT2D eigenvalue weighted by Gasteiger charge is -2.16. The number of carbonyl (C=O) groups excluding carboxylic acids is 1. The summed E-state index contributed by atoms with van der Waals surface area (Å²) in [5, 5.41) is 10.7. The first kappa shape index (κ1) is 17.4. The van der Waals surface area contributed by atoms with Crippen LogP contribution in [0.1, 0.15) is 18.4 Å². The fraction of sp³-hybridized carbons (Fsp3) is 0.500. The van der Waals surface area contributed by atoms with Gasteiger partial charge in [-0.25, -0.2) is 0 Å². The third kappa shape index (κ3) is 4.68. The van der Waals surface area contributed by atoms with Gasteiger partial charge in [0.2, 0.25) is 5.91 Å². The van der Waals surface area contributed by atoms with Gasteiger partial charge in [-0.3, -0.25) is 14.9 Å². The molecule has 0 radical (unpaired) electrons. The molecule has 1 aromatic carbocycles. The number of aryl methyl sites for hydroxylation is 1. The SMILES string of the molecule is Cl.NCC1CCN(C(=O)CCc2cccc([N+](=O)[O-])c2)C1. The molecule has 1 aliphatic rings. The fourth-order valence-electron chi connectivity index (χ4n) is 2.49. The molecule has 2 rings (SSSR count). The molecule has 0 saturated carbocycles. The molecule has 1 heterocycles. The van der Waals surface area contributed by atoms with Gasteiger partial charge in [0.1, 0.15) is 0 Å². The van der Waals surface area contributed by atoms with Crippen molar-refractivity contribution in [1.29, 1.82) is 0 Å². The number of hydrogen-bond donors (Lipinski definition) is 1. The van der Waals surface area contributed by atoms with Crippen molar-refractivity contribution in [2.24, 2.45) is 11.7 Å². The van der Waals surface area contributed by atoms with E-state index in [1.807, 2.05) is 11.0 Å². The molecule has 6 nitrogen and oxygen atoms in total. The molecule has 1 aromatic rings. The Hall–Kier alpha value is -1.66. The third-order valence-corrected chi connectivity index (χ3v) is 3.72. The number of hydrogen-bond acceptors (Lipinski definition) is 4. The van der Waals surface area contributed by atoms with Crippen LogP contribution in [0.2, 0.25) is 0 Å². The maximum atomic E-state index is 12.1. The molecule has 1 amide bonds. The summed E-state index contributed by atoms with van der Waals surface area (Å²) in [4.78, 5) is 24.2. The average molecular weight is 314 g/mol. The van der Waals surface area contributed by atoms with Crippen molar-refractivity contribution in [2.75, 3.05) is 19.6 Å². The minimum Gasteiger partial charge on any atom is -0.342 e. The van der Waals surface area contributed by atoms with Gasteiger partial charge >= 0.3 is 0 Å². The molecule has 2 N–H and O–H groups in total. The Kier molecular flexibility index (Phi) is 6.58. The summed E-state index contributed by atoms with van der Waals surface area (Å²) in [7, 11) is 0. The highest BCUT2D eigenvalue weighted by Gasteiger charge is 2.24. The molecule has 1 saturated heterocycles. The van der Waals surface area contributed by atoms with E-state index >= 15 is 0 Å². The lowest BCUT2D eigenvalue weighted by Crippen LogP contribution is -2.30. The quantitative estimate of drug-likeness (QED) is 0.662. The monoisotopic (exact) mass is 313 g/mol. The van der Waals surface area contributed by atoms with E-state index in [0.717, 1.165) is 25.1 Å².